The normalized spacial score (nSPS) is 21.3. The summed E-state index contributed by atoms with van der Waals surface area (Å²) >= 11 is 12.2. The molecule has 1 fully saturated rings. The minimum atomic E-state index is 0. The van der Waals surface area contributed by atoms with Gasteiger partial charge in [-0.2, -0.15) is 0 Å². The summed E-state index contributed by atoms with van der Waals surface area (Å²) in [5, 5.41) is 4.50. The third kappa shape index (κ3) is 2.91. The standard InChI is InChI=1S/C14H16Cl2N2O.ClH/c15-11-4-3-9-8-18(7-5-10(9)13(11)16)14(19)12-2-1-6-17-12;/h3-4,12,17H,1-2,5-8H2;1H. The molecule has 1 aromatic carbocycles. The molecule has 1 unspecified atom stereocenters. The number of rotatable bonds is 1. The first kappa shape index (κ1) is 15.9. The number of halogens is 3. The van der Waals surface area contributed by atoms with Crippen LogP contribution >= 0.6 is 35.6 Å². The Kier molecular flexibility index (Phi) is 5.19. The average Bonchev–Trinajstić information content (AvgIpc) is 2.96. The van der Waals surface area contributed by atoms with Crippen molar-refractivity contribution in [2.24, 2.45) is 0 Å². The van der Waals surface area contributed by atoms with E-state index in [0.717, 1.165) is 43.5 Å². The highest BCUT2D eigenvalue weighted by molar-refractivity contribution is 6.42. The molecular formula is C14H17Cl3N2O. The summed E-state index contributed by atoms with van der Waals surface area (Å²) in [6.45, 7) is 2.32. The lowest BCUT2D eigenvalue weighted by Gasteiger charge is -2.31. The van der Waals surface area contributed by atoms with Crippen LogP contribution < -0.4 is 5.32 Å². The van der Waals surface area contributed by atoms with Gasteiger partial charge in [-0.1, -0.05) is 29.3 Å². The fourth-order valence-electron chi connectivity index (χ4n) is 2.89. The van der Waals surface area contributed by atoms with Crippen molar-refractivity contribution in [1.82, 2.24) is 10.2 Å². The maximum atomic E-state index is 12.4. The van der Waals surface area contributed by atoms with Gasteiger partial charge in [-0.3, -0.25) is 4.79 Å². The van der Waals surface area contributed by atoms with Crippen LogP contribution in [0.4, 0.5) is 0 Å². The van der Waals surface area contributed by atoms with Crippen molar-refractivity contribution in [1.29, 1.82) is 0 Å². The van der Waals surface area contributed by atoms with Gasteiger partial charge in [-0.05, 0) is 43.0 Å². The first-order valence-corrected chi connectivity index (χ1v) is 7.40. The number of amides is 1. The molecule has 0 aliphatic carbocycles. The molecular weight excluding hydrogens is 319 g/mol. The summed E-state index contributed by atoms with van der Waals surface area (Å²) in [7, 11) is 0. The van der Waals surface area contributed by atoms with E-state index in [-0.39, 0.29) is 24.4 Å². The molecule has 6 heteroatoms. The second-order valence-electron chi connectivity index (χ2n) is 5.16. The monoisotopic (exact) mass is 334 g/mol. The Labute approximate surface area is 135 Å². The fraction of sp³-hybridized carbons (Fsp3) is 0.500. The van der Waals surface area contributed by atoms with Gasteiger partial charge < -0.3 is 10.2 Å². The number of nitrogens with one attached hydrogen (secondary N) is 1. The van der Waals surface area contributed by atoms with Gasteiger partial charge in [0.05, 0.1) is 16.1 Å². The zero-order valence-electron chi connectivity index (χ0n) is 11.0. The van der Waals surface area contributed by atoms with E-state index in [2.05, 4.69) is 5.32 Å². The molecule has 2 aliphatic heterocycles. The van der Waals surface area contributed by atoms with E-state index in [1.54, 1.807) is 0 Å². The van der Waals surface area contributed by atoms with Gasteiger partial charge in [0.15, 0.2) is 0 Å². The Morgan fingerprint density at radius 2 is 2.15 bits per heavy atom. The van der Waals surface area contributed by atoms with Crippen molar-refractivity contribution in [3.05, 3.63) is 33.3 Å². The Morgan fingerprint density at radius 1 is 1.35 bits per heavy atom. The van der Waals surface area contributed by atoms with Crippen LogP contribution in [0.25, 0.3) is 0 Å². The Hall–Kier alpha value is -0.480. The SMILES string of the molecule is Cl.O=C(C1CCCN1)N1CCc2c(ccc(Cl)c2Cl)C1. The third-order valence-electron chi connectivity index (χ3n) is 3.96. The summed E-state index contributed by atoms with van der Waals surface area (Å²) in [4.78, 5) is 14.3. The molecule has 110 valence electrons. The van der Waals surface area contributed by atoms with E-state index >= 15 is 0 Å². The molecule has 0 bridgehead atoms. The summed E-state index contributed by atoms with van der Waals surface area (Å²) in [6.07, 6.45) is 2.82. The lowest BCUT2D eigenvalue weighted by Crippen LogP contribution is -2.45. The van der Waals surface area contributed by atoms with Gasteiger partial charge in [0, 0.05) is 13.1 Å². The number of carbonyl (C=O) groups excluding carboxylic acids is 1. The molecule has 20 heavy (non-hydrogen) atoms. The van der Waals surface area contributed by atoms with Crippen molar-refractivity contribution >= 4 is 41.5 Å². The lowest BCUT2D eigenvalue weighted by molar-refractivity contribution is -0.134. The quantitative estimate of drug-likeness (QED) is 0.855. The number of carbonyl (C=O) groups is 1. The summed E-state index contributed by atoms with van der Waals surface area (Å²) < 4.78 is 0. The molecule has 3 rings (SSSR count). The first-order valence-electron chi connectivity index (χ1n) is 6.65. The maximum Gasteiger partial charge on any atom is 0.240 e. The molecule has 3 nitrogen and oxygen atoms in total. The molecule has 0 radical (unpaired) electrons. The summed E-state index contributed by atoms with van der Waals surface area (Å²) in [6, 6.07) is 3.79. The number of fused-ring (bicyclic) bond motifs is 1. The van der Waals surface area contributed by atoms with Gasteiger partial charge in [-0.25, -0.2) is 0 Å². The maximum absolute atomic E-state index is 12.4. The fourth-order valence-corrected chi connectivity index (χ4v) is 3.34. The summed E-state index contributed by atoms with van der Waals surface area (Å²) in [5.74, 6) is 0.217. The second-order valence-corrected chi connectivity index (χ2v) is 5.94. The second kappa shape index (κ2) is 6.52. The van der Waals surface area contributed by atoms with Crippen LogP contribution in [0.15, 0.2) is 12.1 Å². The summed E-state index contributed by atoms with van der Waals surface area (Å²) in [5.41, 5.74) is 2.21. The van der Waals surface area contributed by atoms with Crippen molar-refractivity contribution in [2.75, 3.05) is 13.1 Å². The van der Waals surface area contributed by atoms with Crippen LogP contribution in [0, 0.1) is 0 Å². The van der Waals surface area contributed by atoms with Crippen LogP contribution in [0.5, 0.6) is 0 Å². The average molecular weight is 336 g/mol. The molecule has 0 saturated carbocycles. The van der Waals surface area contributed by atoms with Crippen LogP contribution in [-0.2, 0) is 17.8 Å². The highest BCUT2D eigenvalue weighted by Gasteiger charge is 2.29. The predicted octanol–water partition coefficient (Wildman–Crippen LogP) is 3.05. The van der Waals surface area contributed by atoms with Crippen molar-refractivity contribution in [3.63, 3.8) is 0 Å². The van der Waals surface area contributed by atoms with Crippen molar-refractivity contribution < 1.29 is 4.79 Å². The number of hydrogen-bond donors (Lipinski definition) is 1. The van der Waals surface area contributed by atoms with E-state index in [9.17, 15) is 4.79 Å². The van der Waals surface area contributed by atoms with Gasteiger partial charge in [-0.15, -0.1) is 12.4 Å². The Balaban J connectivity index is 0.00000147. The first-order chi connectivity index (χ1) is 9.16. The van der Waals surface area contributed by atoms with Crippen LogP contribution in [-0.4, -0.2) is 29.9 Å². The number of benzene rings is 1. The van der Waals surface area contributed by atoms with Crippen molar-refractivity contribution in [2.45, 2.75) is 31.8 Å². The van der Waals surface area contributed by atoms with E-state index in [4.69, 9.17) is 23.2 Å². The van der Waals surface area contributed by atoms with Crippen molar-refractivity contribution in [3.8, 4) is 0 Å². The molecule has 2 aliphatic rings. The van der Waals surface area contributed by atoms with Gasteiger partial charge in [0.2, 0.25) is 5.91 Å². The highest BCUT2D eigenvalue weighted by atomic mass is 35.5. The Morgan fingerprint density at radius 3 is 2.85 bits per heavy atom. The predicted molar refractivity (Wildman–Crippen MR) is 83.9 cm³/mol. The minimum Gasteiger partial charge on any atom is -0.337 e. The number of nitrogens with zero attached hydrogens (tertiary/aromatic N) is 1. The molecule has 0 spiro atoms. The minimum absolute atomic E-state index is 0. The largest absolute Gasteiger partial charge is 0.337 e. The molecule has 1 N–H and O–H groups in total. The lowest BCUT2D eigenvalue weighted by atomic mass is 9.99. The molecule has 2 heterocycles. The smallest absolute Gasteiger partial charge is 0.240 e. The molecule has 1 atom stereocenters. The zero-order valence-corrected chi connectivity index (χ0v) is 13.3. The highest BCUT2D eigenvalue weighted by Crippen LogP contribution is 2.32. The van der Waals surface area contributed by atoms with Gasteiger partial charge in [0.25, 0.3) is 0 Å². The molecule has 0 aromatic heterocycles. The van der Waals surface area contributed by atoms with E-state index in [1.807, 2.05) is 17.0 Å². The van der Waals surface area contributed by atoms with E-state index < -0.39 is 0 Å². The third-order valence-corrected chi connectivity index (χ3v) is 4.80. The molecule has 1 saturated heterocycles. The Bertz CT molecular complexity index is 515. The van der Waals surface area contributed by atoms with Crippen LogP contribution in [0.1, 0.15) is 24.0 Å². The van der Waals surface area contributed by atoms with Gasteiger partial charge in [0.1, 0.15) is 0 Å². The van der Waals surface area contributed by atoms with Crippen LogP contribution in [0.3, 0.4) is 0 Å². The molecule has 1 aromatic rings. The topological polar surface area (TPSA) is 32.3 Å². The van der Waals surface area contributed by atoms with Crippen LogP contribution in [0.2, 0.25) is 10.0 Å². The molecule has 1 amide bonds. The van der Waals surface area contributed by atoms with E-state index in [1.165, 1.54) is 0 Å². The number of hydrogen-bond acceptors (Lipinski definition) is 2. The zero-order chi connectivity index (χ0) is 13.4. The van der Waals surface area contributed by atoms with E-state index in [0.29, 0.717) is 16.6 Å². The van der Waals surface area contributed by atoms with Gasteiger partial charge >= 0.3 is 0 Å².